The number of nitrogens with zero attached hydrogens (tertiary/aromatic N) is 3. The van der Waals surface area contributed by atoms with Crippen LogP contribution in [0.15, 0.2) is 17.5 Å². The average Bonchev–Trinajstić information content (AvgIpc) is 3.06. The van der Waals surface area contributed by atoms with Gasteiger partial charge in [0.15, 0.2) is 5.78 Å². The van der Waals surface area contributed by atoms with E-state index in [0.29, 0.717) is 11.3 Å². The second kappa shape index (κ2) is 6.44. The number of rotatable bonds is 5. The van der Waals surface area contributed by atoms with Crippen LogP contribution in [-0.2, 0) is 11.3 Å². The topological polar surface area (TPSA) is 55.2 Å². The Balaban J connectivity index is 2.15. The van der Waals surface area contributed by atoms with Crippen molar-refractivity contribution in [2.75, 3.05) is 7.05 Å². The maximum Gasteiger partial charge on any atom is 0.244 e. The first kappa shape index (κ1) is 16.4. The monoisotopic (exact) mass is 319 g/mol. The quantitative estimate of drug-likeness (QED) is 0.796. The third kappa shape index (κ3) is 3.11. The highest BCUT2D eigenvalue weighted by Gasteiger charge is 2.21. The number of carbonyl (C=O) groups is 2. The second-order valence-corrected chi connectivity index (χ2v) is 6.43. The zero-order valence-electron chi connectivity index (χ0n) is 13.6. The summed E-state index contributed by atoms with van der Waals surface area (Å²) >= 11 is 1.64. The number of aryl methyl sites for hydroxylation is 1. The Hall–Kier alpha value is -1.95. The number of thiophene rings is 1. The third-order valence-electron chi connectivity index (χ3n) is 3.95. The van der Waals surface area contributed by atoms with Gasteiger partial charge >= 0.3 is 0 Å². The normalized spacial score (nSPS) is 12.2. The van der Waals surface area contributed by atoms with Gasteiger partial charge in [0.05, 0.1) is 17.3 Å². The van der Waals surface area contributed by atoms with Crippen LogP contribution in [0.1, 0.15) is 46.5 Å². The lowest BCUT2D eigenvalue weighted by Gasteiger charge is -2.24. The van der Waals surface area contributed by atoms with Gasteiger partial charge in [-0.15, -0.1) is 11.3 Å². The Morgan fingerprint density at radius 3 is 2.59 bits per heavy atom. The number of likely N-dealkylation sites (N-methyl/N-ethyl adjacent to an activating group) is 1. The van der Waals surface area contributed by atoms with Crippen LogP contribution in [0.3, 0.4) is 0 Å². The molecule has 0 fully saturated rings. The van der Waals surface area contributed by atoms with Gasteiger partial charge in [-0.1, -0.05) is 6.07 Å². The Kier molecular flexibility index (Phi) is 4.81. The minimum Gasteiger partial charge on any atom is -0.337 e. The molecule has 0 bridgehead atoms. The minimum absolute atomic E-state index is 0.0194. The van der Waals surface area contributed by atoms with Crippen LogP contribution in [0, 0.1) is 13.8 Å². The number of hydrogen-bond donors (Lipinski definition) is 0. The first-order chi connectivity index (χ1) is 10.3. The average molecular weight is 319 g/mol. The van der Waals surface area contributed by atoms with Crippen LogP contribution in [0.2, 0.25) is 0 Å². The molecule has 0 aliphatic heterocycles. The van der Waals surface area contributed by atoms with E-state index in [4.69, 9.17) is 0 Å². The van der Waals surface area contributed by atoms with Crippen LogP contribution >= 0.6 is 11.3 Å². The molecule has 5 nitrogen and oxygen atoms in total. The smallest absolute Gasteiger partial charge is 0.244 e. The number of hydrogen-bond acceptors (Lipinski definition) is 4. The lowest BCUT2D eigenvalue weighted by atomic mass is 10.1. The van der Waals surface area contributed by atoms with E-state index >= 15 is 0 Å². The van der Waals surface area contributed by atoms with Gasteiger partial charge in [0.1, 0.15) is 6.54 Å². The first-order valence-electron chi connectivity index (χ1n) is 7.17. The van der Waals surface area contributed by atoms with Crippen molar-refractivity contribution in [1.82, 2.24) is 14.7 Å². The van der Waals surface area contributed by atoms with Crippen molar-refractivity contribution < 1.29 is 9.59 Å². The Labute approximate surface area is 134 Å². The molecular formula is C16H21N3O2S. The molecule has 22 heavy (non-hydrogen) atoms. The molecule has 0 aliphatic carbocycles. The highest BCUT2D eigenvalue weighted by molar-refractivity contribution is 7.10. The molecule has 2 aromatic heterocycles. The Bertz CT molecular complexity index is 689. The van der Waals surface area contributed by atoms with Crippen LogP contribution in [0.5, 0.6) is 0 Å². The van der Waals surface area contributed by atoms with Gasteiger partial charge in [-0.05, 0) is 39.1 Å². The summed E-state index contributed by atoms with van der Waals surface area (Å²) < 4.78 is 1.62. The summed E-state index contributed by atoms with van der Waals surface area (Å²) in [5.41, 5.74) is 2.03. The molecule has 0 aromatic carbocycles. The van der Waals surface area contributed by atoms with E-state index < -0.39 is 0 Å². The molecule has 0 radical (unpaired) electrons. The van der Waals surface area contributed by atoms with Crippen molar-refractivity contribution in [3.8, 4) is 0 Å². The van der Waals surface area contributed by atoms with E-state index in [0.717, 1.165) is 10.6 Å². The van der Waals surface area contributed by atoms with Crippen molar-refractivity contribution in [3.05, 3.63) is 39.3 Å². The number of amides is 1. The second-order valence-electron chi connectivity index (χ2n) is 5.46. The maximum atomic E-state index is 12.5. The van der Waals surface area contributed by atoms with E-state index in [1.54, 1.807) is 34.9 Å². The summed E-state index contributed by atoms with van der Waals surface area (Å²) in [6.07, 6.45) is 0. The molecule has 6 heteroatoms. The number of ketones is 1. The lowest BCUT2D eigenvalue weighted by Crippen LogP contribution is -2.32. The molecule has 2 rings (SSSR count). The fourth-order valence-electron chi connectivity index (χ4n) is 2.54. The van der Waals surface area contributed by atoms with Crippen LogP contribution < -0.4 is 0 Å². The third-order valence-corrected chi connectivity index (χ3v) is 4.99. The van der Waals surface area contributed by atoms with Crippen LogP contribution in [0.4, 0.5) is 0 Å². The predicted octanol–water partition coefficient (Wildman–Crippen LogP) is 2.98. The molecule has 0 saturated heterocycles. The van der Waals surface area contributed by atoms with Crippen LogP contribution in [-0.4, -0.2) is 33.4 Å². The largest absolute Gasteiger partial charge is 0.337 e. The number of Topliss-reactive ketones (excluding diaryl/α,β-unsaturated/α-hetero) is 1. The first-order valence-corrected chi connectivity index (χ1v) is 8.05. The van der Waals surface area contributed by atoms with E-state index in [1.165, 1.54) is 6.92 Å². The molecule has 2 aromatic rings. The zero-order valence-corrected chi connectivity index (χ0v) is 14.4. The highest BCUT2D eigenvalue weighted by atomic mass is 32.1. The van der Waals surface area contributed by atoms with E-state index in [9.17, 15) is 9.59 Å². The summed E-state index contributed by atoms with van der Waals surface area (Å²) in [5.74, 6) is -0.0457. The number of aromatic nitrogens is 2. The summed E-state index contributed by atoms with van der Waals surface area (Å²) in [5, 5.41) is 6.33. The fraction of sp³-hybridized carbons (Fsp3) is 0.438. The van der Waals surface area contributed by atoms with E-state index in [-0.39, 0.29) is 24.3 Å². The predicted molar refractivity (Wildman–Crippen MR) is 87.2 cm³/mol. The standard InChI is InChI=1S/C16H21N3O2S/c1-10-16(13(4)20)12(3)19(17-10)9-15(21)18(5)11(2)14-7-6-8-22-14/h6-8,11H,9H2,1-5H3/t11-/m0/s1. The molecule has 0 spiro atoms. The van der Waals surface area contributed by atoms with E-state index in [2.05, 4.69) is 5.10 Å². The van der Waals surface area contributed by atoms with Crippen molar-refractivity contribution in [3.63, 3.8) is 0 Å². The van der Waals surface area contributed by atoms with Crippen molar-refractivity contribution in [1.29, 1.82) is 0 Å². The molecule has 2 heterocycles. The van der Waals surface area contributed by atoms with E-state index in [1.807, 2.05) is 31.4 Å². The van der Waals surface area contributed by atoms with Gasteiger partial charge in [-0.2, -0.15) is 5.10 Å². The molecule has 1 amide bonds. The molecule has 0 saturated carbocycles. The van der Waals surface area contributed by atoms with Crippen molar-refractivity contribution in [2.24, 2.45) is 0 Å². The SMILES string of the molecule is CC(=O)c1c(C)nn(CC(=O)N(C)[C@@H](C)c2cccs2)c1C. The van der Waals surface area contributed by atoms with Gasteiger partial charge in [-0.25, -0.2) is 0 Å². The highest BCUT2D eigenvalue weighted by Crippen LogP contribution is 2.23. The molecule has 0 aliphatic rings. The molecule has 0 N–H and O–H groups in total. The maximum absolute atomic E-state index is 12.5. The molecular weight excluding hydrogens is 298 g/mol. The summed E-state index contributed by atoms with van der Waals surface area (Å²) in [6, 6.07) is 4.03. The summed E-state index contributed by atoms with van der Waals surface area (Å²) in [6.45, 7) is 7.29. The zero-order chi connectivity index (χ0) is 16.4. The van der Waals surface area contributed by atoms with Gasteiger partial charge in [0.2, 0.25) is 5.91 Å². The molecule has 0 unspecified atom stereocenters. The Morgan fingerprint density at radius 2 is 2.09 bits per heavy atom. The van der Waals surface area contributed by atoms with Crippen LogP contribution in [0.25, 0.3) is 0 Å². The molecule has 118 valence electrons. The Morgan fingerprint density at radius 1 is 1.41 bits per heavy atom. The molecule has 1 atom stereocenters. The van der Waals surface area contributed by atoms with Gasteiger partial charge < -0.3 is 4.90 Å². The number of carbonyl (C=O) groups excluding carboxylic acids is 2. The van der Waals surface area contributed by atoms with Gasteiger partial charge in [0, 0.05) is 17.6 Å². The van der Waals surface area contributed by atoms with Gasteiger partial charge in [0.25, 0.3) is 0 Å². The lowest BCUT2D eigenvalue weighted by molar-refractivity contribution is -0.132. The minimum atomic E-state index is -0.0263. The van der Waals surface area contributed by atoms with Gasteiger partial charge in [-0.3, -0.25) is 14.3 Å². The van der Waals surface area contributed by atoms with Crippen molar-refractivity contribution in [2.45, 2.75) is 40.3 Å². The summed E-state index contributed by atoms with van der Waals surface area (Å²) in [4.78, 5) is 27.0. The summed E-state index contributed by atoms with van der Waals surface area (Å²) in [7, 11) is 1.80. The fourth-order valence-corrected chi connectivity index (χ4v) is 3.36. The van der Waals surface area contributed by atoms with Crippen molar-refractivity contribution >= 4 is 23.0 Å².